The van der Waals surface area contributed by atoms with Gasteiger partial charge in [-0.2, -0.15) is 0 Å². The molecule has 0 aliphatic heterocycles. The standard InChI is InChI=1S/C35H29N/c1-35(2,3)34-29(33-27-17-6-4-13-23(27)24-14-5-7-18-28(24)33)19-12-22-32(34)36-30-20-10-8-15-25(30)26-16-9-11-21-31(26)36/h4-22,33H,1-3H3. The molecule has 5 aromatic carbocycles. The molecule has 0 saturated heterocycles. The number of rotatable bonds is 2. The third-order valence-electron chi connectivity index (χ3n) is 7.79. The van der Waals surface area contributed by atoms with Gasteiger partial charge in [0.15, 0.2) is 0 Å². The summed E-state index contributed by atoms with van der Waals surface area (Å²) in [5.41, 5.74) is 12.1. The maximum absolute atomic E-state index is 2.49. The van der Waals surface area contributed by atoms with Crippen molar-refractivity contribution >= 4 is 21.8 Å². The minimum absolute atomic E-state index is 0.0507. The van der Waals surface area contributed by atoms with Gasteiger partial charge in [0.05, 0.1) is 16.7 Å². The molecule has 174 valence electrons. The van der Waals surface area contributed by atoms with Gasteiger partial charge < -0.3 is 4.57 Å². The molecule has 0 radical (unpaired) electrons. The summed E-state index contributed by atoms with van der Waals surface area (Å²) in [6.07, 6.45) is 0. The SMILES string of the molecule is CC(C)(C)c1c(C2c3ccccc3-c3ccccc32)cccc1-n1c2ccccc2c2ccccc21. The highest BCUT2D eigenvalue weighted by Crippen LogP contribution is 2.51. The molecule has 1 heterocycles. The molecule has 1 aromatic heterocycles. The second kappa shape index (κ2) is 7.70. The highest BCUT2D eigenvalue weighted by atomic mass is 15.0. The molecule has 1 aliphatic rings. The van der Waals surface area contributed by atoms with Gasteiger partial charge in [-0.15, -0.1) is 0 Å². The Labute approximate surface area is 212 Å². The van der Waals surface area contributed by atoms with Gasteiger partial charge in [0.2, 0.25) is 0 Å². The summed E-state index contributed by atoms with van der Waals surface area (Å²) < 4.78 is 2.49. The van der Waals surface area contributed by atoms with Crippen LogP contribution in [0.25, 0.3) is 38.6 Å². The zero-order valence-corrected chi connectivity index (χ0v) is 21.0. The molecule has 0 spiro atoms. The highest BCUT2D eigenvalue weighted by molar-refractivity contribution is 6.09. The Hall–Kier alpha value is -4.10. The van der Waals surface area contributed by atoms with Crippen LogP contribution in [0.2, 0.25) is 0 Å². The molecule has 0 amide bonds. The van der Waals surface area contributed by atoms with E-state index in [4.69, 9.17) is 0 Å². The molecule has 0 N–H and O–H groups in total. The zero-order chi connectivity index (χ0) is 24.4. The normalized spacial score (nSPS) is 13.3. The van der Waals surface area contributed by atoms with E-state index in [0.29, 0.717) is 0 Å². The van der Waals surface area contributed by atoms with Crippen LogP contribution in [0.3, 0.4) is 0 Å². The minimum atomic E-state index is -0.0507. The third-order valence-corrected chi connectivity index (χ3v) is 7.79. The Morgan fingerprint density at radius 2 is 0.972 bits per heavy atom. The molecule has 0 fully saturated rings. The maximum atomic E-state index is 2.49. The molecular formula is C35H29N. The van der Waals surface area contributed by atoms with Crippen molar-refractivity contribution in [3.05, 3.63) is 138 Å². The molecule has 0 atom stereocenters. The Bertz CT molecular complexity index is 1680. The lowest BCUT2D eigenvalue weighted by Gasteiger charge is -2.30. The van der Waals surface area contributed by atoms with Gasteiger partial charge >= 0.3 is 0 Å². The van der Waals surface area contributed by atoms with Crippen molar-refractivity contribution < 1.29 is 0 Å². The van der Waals surface area contributed by atoms with Crippen molar-refractivity contribution in [2.75, 3.05) is 0 Å². The second-order valence-corrected chi connectivity index (χ2v) is 11.0. The quantitative estimate of drug-likeness (QED) is 0.241. The Balaban J connectivity index is 1.59. The first-order valence-corrected chi connectivity index (χ1v) is 12.8. The lowest BCUT2D eigenvalue weighted by Crippen LogP contribution is -2.20. The topological polar surface area (TPSA) is 4.93 Å². The number of benzene rings is 5. The Morgan fingerprint density at radius 3 is 1.53 bits per heavy atom. The van der Waals surface area contributed by atoms with Crippen LogP contribution in [0.4, 0.5) is 0 Å². The van der Waals surface area contributed by atoms with Crippen molar-refractivity contribution in [2.45, 2.75) is 32.1 Å². The maximum Gasteiger partial charge on any atom is 0.0541 e. The molecule has 0 unspecified atom stereocenters. The van der Waals surface area contributed by atoms with Crippen LogP contribution >= 0.6 is 0 Å². The summed E-state index contributed by atoms with van der Waals surface area (Å²) in [5.74, 6) is 0.222. The van der Waals surface area contributed by atoms with Crippen molar-refractivity contribution in [3.8, 4) is 16.8 Å². The van der Waals surface area contributed by atoms with Crippen LogP contribution in [0.5, 0.6) is 0 Å². The number of hydrogen-bond donors (Lipinski definition) is 0. The molecule has 36 heavy (non-hydrogen) atoms. The van der Waals surface area contributed by atoms with Crippen molar-refractivity contribution in [1.29, 1.82) is 0 Å². The van der Waals surface area contributed by atoms with E-state index in [0.717, 1.165) is 0 Å². The average Bonchev–Trinajstić information content (AvgIpc) is 3.41. The number of nitrogens with zero attached hydrogens (tertiary/aromatic N) is 1. The number of hydrogen-bond acceptors (Lipinski definition) is 0. The van der Waals surface area contributed by atoms with E-state index in [-0.39, 0.29) is 11.3 Å². The Morgan fingerprint density at radius 1 is 0.500 bits per heavy atom. The van der Waals surface area contributed by atoms with Gasteiger partial charge in [-0.1, -0.05) is 118 Å². The van der Waals surface area contributed by atoms with E-state index in [1.54, 1.807) is 0 Å². The fraction of sp³-hybridized carbons (Fsp3) is 0.143. The van der Waals surface area contributed by atoms with Crippen LogP contribution in [-0.4, -0.2) is 4.57 Å². The number of para-hydroxylation sites is 2. The van der Waals surface area contributed by atoms with Gasteiger partial charge in [-0.05, 0) is 57.0 Å². The first-order chi connectivity index (χ1) is 17.5. The molecule has 0 bridgehead atoms. The fourth-order valence-corrected chi connectivity index (χ4v) is 6.47. The number of fused-ring (bicyclic) bond motifs is 6. The molecule has 1 heteroatoms. The summed E-state index contributed by atoms with van der Waals surface area (Å²) in [5, 5.41) is 2.60. The van der Waals surface area contributed by atoms with E-state index in [1.165, 1.54) is 60.9 Å². The molecular weight excluding hydrogens is 434 g/mol. The highest BCUT2D eigenvalue weighted by Gasteiger charge is 2.34. The third kappa shape index (κ3) is 2.96. The van der Waals surface area contributed by atoms with Crippen molar-refractivity contribution in [1.82, 2.24) is 4.57 Å². The first kappa shape index (κ1) is 21.2. The van der Waals surface area contributed by atoms with E-state index in [2.05, 4.69) is 141 Å². The summed E-state index contributed by atoms with van der Waals surface area (Å²) in [7, 11) is 0. The largest absolute Gasteiger partial charge is 0.309 e. The smallest absolute Gasteiger partial charge is 0.0541 e. The van der Waals surface area contributed by atoms with Crippen LogP contribution in [-0.2, 0) is 5.41 Å². The van der Waals surface area contributed by atoms with Crippen LogP contribution in [0, 0.1) is 0 Å². The van der Waals surface area contributed by atoms with Crippen LogP contribution in [0.15, 0.2) is 115 Å². The van der Waals surface area contributed by atoms with Gasteiger partial charge in [0.1, 0.15) is 0 Å². The first-order valence-electron chi connectivity index (χ1n) is 12.8. The van der Waals surface area contributed by atoms with Crippen LogP contribution < -0.4 is 0 Å². The van der Waals surface area contributed by atoms with Crippen molar-refractivity contribution in [2.24, 2.45) is 0 Å². The summed E-state index contributed by atoms with van der Waals surface area (Å²) in [6, 6.07) is 42.4. The summed E-state index contributed by atoms with van der Waals surface area (Å²) >= 11 is 0. The molecule has 6 aromatic rings. The molecule has 0 saturated carbocycles. The van der Waals surface area contributed by atoms with Crippen LogP contribution in [0.1, 0.15) is 48.9 Å². The lowest BCUT2D eigenvalue weighted by atomic mass is 9.76. The van der Waals surface area contributed by atoms with Gasteiger partial charge in [-0.3, -0.25) is 0 Å². The monoisotopic (exact) mass is 463 g/mol. The molecule has 1 aliphatic carbocycles. The predicted octanol–water partition coefficient (Wildman–Crippen LogP) is 9.24. The minimum Gasteiger partial charge on any atom is -0.309 e. The van der Waals surface area contributed by atoms with E-state index in [1.807, 2.05) is 0 Å². The fourth-order valence-electron chi connectivity index (χ4n) is 6.47. The molecule has 1 nitrogen and oxygen atoms in total. The number of aromatic nitrogens is 1. The van der Waals surface area contributed by atoms with E-state index < -0.39 is 0 Å². The predicted molar refractivity (Wildman–Crippen MR) is 152 cm³/mol. The van der Waals surface area contributed by atoms with E-state index in [9.17, 15) is 0 Å². The Kier molecular flexibility index (Phi) is 4.53. The van der Waals surface area contributed by atoms with Gasteiger partial charge in [-0.25, -0.2) is 0 Å². The summed E-state index contributed by atoms with van der Waals surface area (Å²) in [6.45, 7) is 7.07. The average molecular weight is 464 g/mol. The van der Waals surface area contributed by atoms with E-state index >= 15 is 0 Å². The summed E-state index contributed by atoms with van der Waals surface area (Å²) in [4.78, 5) is 0. The zero-order valence-electron chi connectivity index (χ0n) is 21.0. The lowest BCUT2D eigenvalue weighted by molar-refractivity contribution is 0.578. The van der Waals surface area contributed by atoms with Gasteiger partial charge in [0.25, 0.3) is 0 Å². The van der Waals surface area contributed by atoms with Gasteiger partial charge in [0, 0.05) is 16.7 Å². The molecule has 7 rings (SSSR count). The van der Waals surface area contributed by atoms with Crippen molar-refractivity contribution in [3.63, 3.8) is 0 Å². The second-order valence-electron chi connectivity index (χ2n) is 11.0.